The van der Waals surface area contributed by atoms with Gasteiger partial charge in [0.2, 0.25) is 10.0 Å². The first-order valence-electron chi connectivity index (χ1n) is 7.31. The summed E-state index contributed by atoms with van der Waals surface area (Å²) in [5.74, 6) is 0.538. The Kier molecular flexibility index (Phi) is 5.05. The number of benzene rings is 1. The number of hydrogen-bond acceptors (Lipinski definition) is 3. The van der Waals surface area contributed by atoms with Crippen molar-refractivity contribution in [1.82, 2.24) is 5.32 Å². The molecule has 1 heterocycles. The van der Waals surface area contributed by atoms with Crippen LogP contribution >= 0.6 is 0 Å². The second-order valence-corrected chi connectivity index (χ2v) is 7.36. The highest BCUT2D eigenvalue weighted by Crippen LogP contribution is 2.25. The first kappa shape index (κ1) is 15.3. The van der Waals surface area contributed by atoms with Crippen molar-refractivity contribution in [3.63, 3.8) is 0 Å². The zero-order valence-electron chi connectivity index (χ0n) is 12.3. The second-order valence-electron chi connectivity index (χ2n) is 5.42. The summed E-state index contributed by atoms with van der Waals surface area (Å²) in [6.45, 7) is 6.19. The fourth-order valence-electron chi connectivity index (χ4n) is 2.80. The highest BCUT2D eigenvalue weighted by Gasteiger charge is 2.27. The number of sulfonamides is 1. The van der Waals surface area contributed by atoms with Gasteiger partial charge in [-0.25, -0.2) is 8.42 Å². The number of hydrogen-bond donors (Lipinski definition) is 1. The Morgan fingerprint density at radius 3 is 2.50 bits per heavy atom. The molecule has 2 rings (SSSR count). The molecule has 1 aromatic rings. The molecule has 0 aromatic heterocycles. The lowest BCUT2D eigenvalue weighted by atomic mass is 10.0. The third-order valence-electron chi connectivity index (χ3n) is 3.91. The molecule has 5 heteroatoms. The summed E-state index contributed by atoms with van der Waals surface area (Å²) in [5.41, 5.74) is 1.81. The van der Waals surface area contributed by atoms with E-state index >= 15 is 0 Å². The average molecular weight is 296 g/mol. The molecular weight excluding hydrogens is 272 g/mol. The van der Waals surface area contributed by atoms with Crippen LogP contribution in [0.3, 0.4) is 0 Å². The van der Waals surface area contributed by atoms with Gasteiger partial charge < -0.3 is 5.32 Å². The van der Waals surface area contributed by atoms with Crippen molar-refractivity contribution in [2.75, 3.05) is 29.7 Å². The maximum Gasteiger partial charge on any atom is 0.235 e. The van der Waals surface area contributed by atoms with Gasteiger partial charge in [0, 0.05) is 6.54 Å². The van der Waals surface area contributed by atoms with Gasteiger partial charge in [0.15, 0.2) is 0 Å². The molecule has 0 spiro atoms. The Bertz CT molecular complexity index is 537. The van der Waals surface area contributed by atoms with E-state index in [4.69, 9.17) is 0 Å². The highest BCUT2D eigenvalue weighted by atomic mass is 32.2. The normalized spacial score (nSPS) is 17.1. The van der Waals surface area contributed by atoms with Gasteiger partial charge in [0.05, 0.1) is 11.4 Å². The molecule has 1 saturated heterocycles. The lowest BCUT2D eigenvalue weighted by Crippen LogP contribution is -2.38. The molecule has 1 fully saturated rings. The molecule has 112 valence electrons. The van der Waals surface area contributed by atoms with E-state index in [1.54, 1.807) is 4.31 Å². The van der Waals surface area contributed by atoms with Gasteiger partial charge in [-0.1, -0.05) is 18.2 Å². The molecular formula is C15H24N2O2S. The topological polar surface area (TPSA) is 49.4 Å². The van der Waals surface area contributed by atoms with Gasteiger partial charge in [-0.2, -0.15) is 0 Å². The molecule has 1 aromatic carbocycles. The van der Waals surface area contributed by atoms with Crippen LogP contribution in [0.25, 0.3) is 0 Å². The zero-order valence-corrected chi connectivity index (χ0v) is 13.1. The van der Waals surface area contributed by atoms with E-state index in [1.807, 2.05) is 38.1 Å². The van der Waals surface area contributed by atoms with Gasteiger partial charge in [-0.3, -0.25) is 4.31 Å². The standard InChI is InChI=1S/C15H24N2O2S/c1-3-17(15-7-5-4-6-13(15)2)20(18,19)12-14-8-10-16-11-9-14/h4-7,14,16H,3,8-12H2,1-2H3. The number of anilines is 1. The predicted molar refractivity (Wildman–Crippen MR) is 83.6 cm³/mol. The van der Waals surface area contributed by atoms with Crippen LogP contribution in [0.15, 0.2) is 24.3 Å². The molecule has 0 atom stereocenters. The molecule has 0 amide bonds. The van der Waals surface area contributed by atoms with Gasteiger partial charge in [0.25, 0.3) is 0 Å². The Labute approximate surface area is 122 Å². The Morgan fingerprint density at radius 1 is 1.25 bits per heavy atom. The molecule has 1 aliphatic rings. The SMILES string of the molecule is CCN(c1ccccc1C)S(=O)(=O)CC1CCNCC1. The molecule has 0 unspecified atom stereocenters. The lowest BCUT2D eigenvalue weighted by molar-refractivity contribution is 0.401. The zero-order chi connectivity index (χ0) is 14.6. The van der Waals surface area contributed by atoms with E-state index in [2.05, 4.69) is 5.32 Å². The average Bonchev–Trinajstić information content (AvgIpc) is 2.42. The van der Waals surface area contributed by atoms with Gasteiger partial charge in [-0.15, -0.1) is 0 Å². The number of piperidine rings is 1. The van der Waals surface area contributed by atoms with E-state index in [0.717, 1.165) is 37.2 Å². The molecule has 1 aliphatic heterocycles. The van der Waals surface area contributed by atoms with E-state index < -0.39 is 10.0 Å². The molecule has 20 heavy (non-hydrogen) atoms. The maximum atomic E-state index is 12.7. The van der Waals surface area contributed by atoms with Gasteiger partial charge in [-0.05, 0) is 57.3 Å². The van der Waals surface area contributed by atoms with Crippen molar-refractivity contribution >= 4 is 15.7 Å². The van der Waals surface area contributed by atoms with Crippen LogP contribution in [0.4, 0.5) is 5.69 Å². The van der Waals surface area contributed by atoms with E-state index in [-0.39, 0.29) is 11.7 Å². The van der Waals surface area contributed by atoms with Crippen LogP contribution < -0.4 is 9.62 Å². The van der Waals surface area contributed by atoms with E-state index in [0.29, 0.717) is 6.54 Å². The fourth-order valence-corrected chi connectivity index (χ4v) is 4.80. The number of nitrogens with one attached hydrogen (secondary N) is 1. The second kappa shape index (κ2) is 6.59. The van der Waals surface area contributed by atoms with E-state index in [9.17, 15) is 8.42 Å². The summed E-state index contributed by atoms with van der Waals surface area (Å²) in [5, 5.41) is 3.28. The summed E-state index contributed by atoms with van der Waals surface area (Å²) < 4.78 is 26.9. The summed E-state index contributed by atoms with van der Waals surface area (Å²) in [6, 6.07) is 7.67. The third kappa shape index (κ3) is 3.52. The monoisotopic (exact) mass is 296 g/mol. The summed E-state index contributed by atoms with van der Waals surface area (Å²) >= 11 is 0. The number of nitrogens with zero attached hydrogens (tertiary/aromatic N) is 1. The first-order chi connectivity index (χ1) is 9.54. The van der Waals surface area contributed by atoms with Crippen molar-refractivity contribution in [2.24, 2.45) is 5.92 Å². The largest absolute Gasteiger partial charge is 0.317 e. The molecule has 0 radical (unpaired) electrons. The van der Waals surface area contributed by atoms with Crippen molar-refractivity contribution in [2.45, 2.75) is 26.7 Å². The fraction of sp³-hybridized carbons (Fsp3) is 0.600. The maximum absolute atomic E-state index is 12.7. The van der Waals surface area contributed by atoms with Crippen molar-refractivity contribution in [1.29, 1.82) is 0 Å². The van der Waals surface area contributed by atoms with Gasteiger partial charge >= 0.3 is 0 Å². The summed E-state index contributed by atoms with van der Waals surface area (Å²) in [6.07, 6.45) is 1.90. The van der Waals surface area contributed by atoms with Crippen molar-refractivity contribution in [3.05, 3.63) is 29.8 Å². The predicted octanol–water partition coefficient (Wildman–Crippen LogP) is 2.15. The minimum atomic E-state index is -3.24. The smallest absolute Gasteiger partial charge is 0.235 e. The summed E-state index contributed by atoms with van der Waals surface area (Å²) in [7, 11) is -3.24. The number of para-hydroxylation sites is 1. The lowest BCUT2D eigenvalue weighted by Gasteiger charge is -2.28. The summed E-state index contributed by atoms with van der Waals surface area (Å²) in [4.78, 5) is 0. The molecule has 0 aliphatic carbocycles. The molecule has 4 nitrogen and oxygen atoms in total. The Morgan fingerprint density at radius 2 is 1.90 bits per heavy atom. The molecule has 0 bridgehead atoms. The number of rotatable bonds is 5. The molecule has 1 N–H and O–H groups in total. The quantitative estimate of drug-likeness (QED) is 0.906. The Balaban J connectivity index is 2.19. The van der Waals surface area contributed by atoms with E-state index in [1.165, 1.54) is 0 Å². The van der Waals surface area contributed by atoms with Crippen LogP contribution in [-0.4, -0.2) is 33.8 Å². The first-order valence-corrected chi connectivity index (χ1v) is 8.92. The van der Waals surface area contributed by atoms with Crippen molar-refractivity contribution in [3.8, 4) is 0 Å². The van der Waals surface area contributed by atoms with Crippen LogP contribution in [0.2, 0.25) is 0 Å². The number of aryl methyl sites for hydroxylation is 1. The minimum Gasteiger partial charge on any atom is -0.317 e. The van der Waals surface area contributed by atoms with Gasteiger partial charge in [0.1, 0.15) is 0 Å². The molecule has 0 saturated carbocycles. The van der Waals surface area contributed by atoms with Crippen LogP contribution in [0, 0.1) is 12.8 Å². The van der Waals surface area contributed by atoms with Crippen LogP contribution in [-0.2, 0) is 10.0 Å². The Hall–Kier alpha value is -1.07. The van der Waals surface area contributed by atoms with Crippen LogP contribution in [0.1, 0.15) is 25.3 Å². The minimum absolute atomic E-state index is 0.261. The highest BCUT2D eigenvalue weighted by molar-refractivity contribution is 7.92. The van der Waals surface area contributed by atoms with Crippen molar-refractivity contribution < 1.29 is 8.42 Å². The third-order valence-corrected chi connectivity index (χ3v) is 5.93. The van der Waals surface area contributed by atoms with Crippen LogP contribution in [0.5, 0.6) is 0 Å².